The molecule has 1 fully saturated rings. The Morgan fingerprint density at radius 3 is 2.38 bits per heavy atom. The second-order valence-electron chi connectivity index (χ2n) is 4.49. The van der Waals surface area contributed by atoms with Gasteiger partial charge >= 0.3 is 0 Å². The Bertz CT molecular complexity index is 379. The van der Waals surface area contributed by atoms with Crippen molar-refractivity contribution in [3.63, 3.8) is 0 Å². The number of hydrogen-bond donors (Lipinski definition) is 2. The van der Waals surface area contributed by atoms with Crippen molar-refractivity contribution in [2.75, 3.05) is 6.54 Å². The van der Waals surface area contributed by atoms with E-state index in [0.29, 0.717) is 12.2 Å². The summed E-state index contributed by atoms with van der Waals surface area (Å²) < 4.78 is 0. The molecule has 1 aliphatic heterocycles. The van der Waals surface area contributed by atoms with Crippen molar-refractivity contribution in [3.05, 3.63) is 35.6 Å². The van der Waals surface area contributed by atoms with E-state index in [1.54, 1.807) is 0 Å². The summed E-state index contributed by atoms with van der Waals surface area (Å²) in [7, 11) is 0. The second-order valence-corrected chi connectivity index (χ2v) is 4.49. The van der Waals surface area contributed by atoms with Crippen LogP contribution in [-0.2, 0) is 4.79 Å². The van der Waals surface area contributed by atoms with Crippen LogP contribution in [0.1, 0.15) is 20.8 Å². The minimum absolute atomic E-state index is 0.0219. The van der Waals surface area contributed by atoms with Gasteiger partial charge in [-0.25, -0.2) is 0 Å². The highest BCUT2D eigenvalue weighted by Crippen LogP contribution is 2.31. The van der Waals surface area contributed by atoms with E-state index >= 15 is 0 Å². The van der Waals surface area contributed by atoms with Gasteiger partial charge in [-0.3, -0.25) is 4.79 Å². The summed E-state index contributed by atoms with van der Waals surface area (Å²) in [5.41, 5.74) is 9.47. The Labute approximate surface area is 97.1 Å². The SMILES string of the molecule is C=C(C)/C(C)=C(/C)[C@H]1CNC(=O)[C@@H]1C(=C)N. The molecular weight excluding hydrogens is 200 g/mol. The van der Waals surface area contributed by atoms with Crippen LogP contribution in [0, 0.1) is 11.8 Å². The average molecular weight is 220 g/mol. The van der Waals surface area contributed by atoms with Crippen LogP contribution in [0.2, 0.25) is 0 Å². The number of amides is 1. The van der Waals surface area contributed by atoms with Crippen LogP contribution < -0.4 is 11.1 Å². The molecular formula is C13H20N2O. The standard InChI is InChI=1S/C13H20N2O/c1-7(2)8(3)9(4)11-6-15-13(16)12(11)10(5)14/h11-12H,1,5-6,14H2,2-4H3,(H,15,16)/b9-8-/t11-,12-/m1/s1. The maximum Gasteiger partial charge on any atom is 0.229 e. The van der Waals surface area contributed by atoms with Crippen molar-refractivity contribution >= 4 is 5.91 Å². The first-order chi connectivity index (χ1) is 7.36. The van der Waals surface area contributed by atoms with Crippen molar-refractivity contribution in [1.82, 2.24) is 5.32 Å². The zero-order chi connectivity index (χ0) is 12.5. The lowest BCUT2D eigenvalue weighted by Gasteiger charge is -2.19. The normalized spacial score (nSPS) is 26.1. The molecule has 2 atom stereocenters. The van der Waals surface area contributed by atoms with Gasteiger partial charge in [-0.05, 0) is 26.3 Å². The number of nitrogens with one attached hydrogen (secondary N) is 1. The first-order valence-corrected chi connectivity index (χ1v) is 5.41. The van der Waals surface area contributed by atoms with Crippen molar-refractivity contribution < 1.29 is 4.79 Å². The lowest BCUT2D eigenvalue weighted by molar-refractivity contribution is -0.121. The Hall–Kier alpha value is -1.51. The monoisotopic (exact) mass is 220 g/mol. The summed E-state index contributed by atoms with van der Waals surface area (Å²) in [5, 5.41) is 2.83. The molecule has 3 heteroatoms. The highest BCUT2D eigenvalue weighted by atomic mass is 16.2. The van der Waals surface area contributed by atoms with Crippen LogP contribution in [0.25, 0.3) is 0 Å². The Morgan fingerprint density at radius 2 is 1.94 bits per heavy atom. The Morgan fingerprint density at radius 1 is 1.38 bits per heavy atom. The molecule has 0 bridgehead atoms. The van der Waals surface area contributed by atoms with Crippen molar-refractivity contribution in [1.29, 1.82) is 0 Å². The molecule has 1 amide bonds. The van der Waals surface area contributed by atoms with Gasteiger partial charge in [0.2, 0.25) is 5.91 Å². The fraction of sp³-hybridized carbons (Fsp3) is 0.462. The first-order valence-electron chi connectivity index (χ1n) is 5.41. The molecule has 0 aromatic rings. The third kappa shape index (κ3) is 2.18. The number of hydrogen-bond acceptors (Lipinski definition) is 2. The third-order valence-electron chi connectivity index (χ3n) is 3.37. The van der Waals surface area contributed by atoms with E-state index in [0.717, 1.165) is 11.1 Å². The smallest absolute Gasteiger partial charge is 0.229 e. The average Bonchev–Trinajstić information content (AvgIpc) is 2.57. The molecule has 0 spiro atoms. The van der Waals surface area contributed by atoms with Gasteiger partial charge in [-0.2, -0.15) is 0 Å². The van der Waals surface area contributed by atoms with E-state index < -0.39 is 0 Å². The third-order valence-corrected chi connectivity index (χ3v) is 3.37. The van der Waals surface area contributed by atoms with E-state index in [9.17, 15) is 4.79 Å². The predicted octanol–water partition coefficient (Wildman–Crippen LogP) is 1.73. The minimum atomic E-state index is -0.297. The van der Waals surface area contributed by atoms with Crippen LogP contribution in [0.4, 0.5) is 0 Å². The van der Waals surface area contributed by atoms with Gasteiger partial charge in [0.1, 0.15) is 0 Å². The number of allylic oxidation sites excluding steroid dienone is 2. The molecule has 1 aliphatic rings. The molecule has 0 radical (unpaired) electrons. The largest absolute Gasteiger partial charge is 0.402 e. The van der Waals surface area contributed by atoms with E-state index in [1.165, 1.54) is 5.57 Å². The van der Waals surface area contributed by atoms with E-state index in [-0.39, 0.29) is 17.7 Å². The molecule has 0 aromatic carbocycles. The molecule has 88 valence electrons. The summed E-state index contributed by atoms with van der Waals surface area (Å²) in [6.07, 6.45) is 0. The number of nitrogens with two attached hydrogens (primary N) is 1. The zero-order valence-electron chi connectivity index (χ0n) is 10.3. The lowest BCUT2D eigenvalue weighted by atomic mass is 9.84. The maximum absolute atomic E-state index is 11.6. The molecule has 0 aromatic heterocycles. The second kappa shape index (κ2) is 4.56. The quantitative estimate of drug-likeness (QED) is 0.712. The number of rotatable bonds is 3. The van der Waals surface area contributed by atoms with Crippen LogP contribution in [0.3, 0.4) is 0 Å². The molecule has 3 nitrogen and oxygen atoms in total. The van der Waals surface area contributed by atoms with Gasteiger partial charge in [0.05, 0.1) is 5.92 Å². The fourth-order valence-corrected chi connectivity index (χ4v) is 2.07. The van der Waals surface area contributed by atoms with E-state index in [2.05, 4.69) is 18.5 Å². The van der Waals surface area contributed by atoms with Gasteiger partial charge in [0, 0.05) is 18.2 Å². The van der Waals surface area contributed by atoms with Gasteiger partial charge in [-0.1, -0.05) is 24.3 Å². The van der Waals surface area contributed by atoms with Crippen LogP contribution in [0.15, 0.2) is 35.6 Å². The number of carbonyl (C=O) groups is 1. The van der Waals surface area contributed by atoms with Crippen molar-refractivity contribution in [2.45, 2.75) is 20.8 Å². The zero-order valence-corrected chi connectivity index (χ0v) is 10.3. The van der Waals surface area contributed by atoms with Gasteiger partial charge in [-0.15, -0.1) is 0 Å². The number of carbonyl (C=O) groups excluding carboxylic acids is 1. The lowest BCUT2D eigenvalue weighted by Crippen LogP contribution is -2.25. The van der Waals surface area contributed by atoms with Gasteiger partial charge < -0.3 is 11.1 Å². The summed E-state index contributed by atoms with van der Waals surface area (Å²) in [6.45, 7) is 14.3. The Balaban J connectivity index is 3.05. The minimum Gasteiger partial charge on any atom is -0.402 e. The maximum atomic E-state index is 11.6. The van der Waals surface area contributed by atoms with Gasteiger partial charge in [0.25, 0.3) is 0 Å². The van der Waals surface area contributed by atoms with Crippen molar-refractivity contribution in [2.24, 2.45) is 17.6 Å². The van der Waals surface area contributed by atoms with Crippen LogP contribution >= 0.6 is 0 Å². The molecule has 16 heavy (non-hydrogen) atoms. The van der Waals surface area contributed by atoms with Crippen molar-refractivity contribution in [3.8, 4) is 0 Å². The van der Waals surface area contributed by atoms with E-state index in [1.807, 2.05) is 20.8 Å². The Kier molecular flexibility index (Phi) is 3.58. The van der Waals surface area contributed by atoms with Crippen LogP contribution in [0.5, 0.6) is 0 Å². The highest BCUT2D eigenvalue weighted by Gasteiger charge is 2.37. The molecule has 1 saturated heterocycles. The first kappa shape index (κ1) is 12.6. The molecule has 0 saturated carbocycles. The molecule has 0 unspecified atom stereocenters. The van der Waals surface area contributed by atoms with Gasteiger partial charge in [0.15, 0.2) is 0 Å². The summed E-state index contributed by atoms with van der Waals surface area (Å²) in [5.74, 6) is -0.206. The molecule has 1 heterocycles. The molecule has 3 N–H and O–H groups in total. The van der Waals surface area contributed by atoms with E-state index in [4.69, 9.17) is 5.73 Å². The summed E-state index contributed by atoms with van der Waals surface area (Å²) >= 11 is 0. The topological polar surface area (TPSA) is 55.1 Å². The predicted molar refractivity (Wildman–Crippen MR) is 66.5 cm³/mol. The molecule has 1 rings (SSSR count). The summed E-state index contributed by atoms with van der Waals surface area (Å²) in [6, 6.07) is 0. The fourth-order valence-electron chi connectivity index (χ4n) is 2.07. The highest BCUT2D eigenvalue weighted by molar-refractivity contribution is 5.84. The molecule has 0 aliphatic carbocycles. The summed E-state index contributed by atoms with van der Waals surface area (Å²) in [4.78, 5) is 11.6. The van der Waals surface area contributed by atoms with Crippen LogP contribution in [-0.4, -0.2) is 12.5 Å².